The van der Waals surface area contributed by atoms with Crippen molar-refractivity contribution in [3.05, 3.63) is 70.5 Å². The fourth-order valence-corrected chi connectivity index (χ4v) is 6.34. The van der Waals surface area contributed by atoms with Gasteiger partial charge in [0, 0.05) is 44.4 Å². The summed E-state index contributed by atoms with van der Waals surface area (Å²) in [5, 5.41) is -0.0573. The summed E-state index contributed by atoms with van der Waals surface area (Å²) in [5.74, 6) is 1.28. The number of hydrogen-bond donors (Lipinski definition) is 2. The van der Waals surface area contributed by atoms with Crippen molar-refractivity contribution in [2.24, 2.45) is 5.92 Å². The molecule has 0 aliphatic heterocycles. The van der Waals surface area contributed by atoms with Crippen LogP contribution in [0.4, 0.5) is 11.6 Å². The molecule has 50 heavy (non-hydrogen) atoms. The Kier molecular flexibility index (Phi) is 19.1. The average molecular weight is 754 g/mol. The Morgan fingerprint density at radius 1 is 0.740 bits per heavy atom. The first-order valence-electron chi connectivity index (χ1n) is 16.7. The molecule has 13 heteroatoms. The third-order valence-electron chi connectivity index (χ3n) is 8.79. The van der Waals surface area contributed by atoms with Crippen LogP contribution < -0.4 is 45.8 Å². The number of rotatable bonds is 21. The van der Waals surface area contributed by atoms with Crippen LogP contribution in [0.5, 0.6) is 11.5 Å². The van der Waals surface area contributed by atoms with Gasteiger partial charge in [0.15, 0.2) is 22.6 Å². The van der Waals surface area contributed by atoms with Crippen LogP contribution in [0.1, 0.15) is 60.1 Å². The lowest BCUT2D eigenvalue weighted by molar-refractivity contribution is -0.913. The van der Waals surface area contributed by atoms with E-state index in [1.165, 1.54) is 11.1 Å². The van der Waals surface area contributed by atoms with E-state index in [-0.39, 0.29) is 71.2 Å². The fraction of sp³-hybridized carbons (Fsp3) is 0.514. The quantitative estimate of drug-likeness (QED) is 0.112. The van der Waals surface area contributed by atoms with E-state index >= 15 is 0 Å². The molecular weight excluding hydrogens is 699 g/mol. The molecule has 0 aliphatic carbocycles. The van der Waals surface area contributed by atoms with Crippen molar-refractivity contribution in [1.82, 2.24) is 9.97 Å². The van der Waals surface area contributed by atoms with E-state index < -0.39 is 0 Å². The normalized spacial score (nSPS) is 12.0. The predicted molar refractivity (Wildman–Crippen MR) is 193 cm³/mol. The minimum Gasteiger partial charge on any atom is -1.00 e. The fourth-order valence-electron chi connectivity index (χ4n) is 6.21. The lowest BCUT2D eigenvalue weighted by Gasteiger charge is -2.38. The Morgan fingerprint density at radius 2 is 1.24 bits per heavy atom. The summed E-state index contributed by atoms with van der Waals surface area (Å²) >= 11 is 6.12. The largest absolute Gasteiger partial charge is 1.00 e. The van der Waals surface area contributed by atoms with Crippen LogP contribution in [-0.4, -0.2) is 99.1 Å². The number of methoxy groups -OCH3 is 2. The van der Waals surface area contributed by atoms with Gasteiger partial charge in [0.1, 0.15) is 23.0 Å². The number of halogens is 3. The molecule has 1 aromatic heterocycles. The van der Waals surface area contributed by atoms with Gasteiger partial charge in [-0.15, -0.1) is 0 Å². The summed E-state index contributed by atoms with van der Waals surface area (Å²) < 4.78 is 12.2. The zero-order valence-corrected chi connectivity index (χ0v) is 32.7. The lowest BCUT2D eigenvalue weighted by atomic mass is 9.92. The van der Waals surface area contributed by atoms with Gasteiger partial charge in [0.2, 0.25) is 0 Å². The van der Waals surface area contributed by atoms with Crippen molar-refractivity contribution in [3.8, 4) is 11.5 Å². The van der Waals surface area contributed by atoms with Crippen molar-refractivity contribution >= 4 is 34.8 Å². The van der Waals surface area contributed by atoms with E-state index in [1.807, 2.05) is 24.3 Å². The molecule has 0 spiro atoms. The van der Waals surface area contributed by atoms with Crippen LogP contribution >= 0.6 is 11.6 Å². The molecule has 0 aliphatic rings. The number of quaternary nitrogens is 2. The van der Waals surface area contributed by atoms with E-state index in [0.717, 1.165) is 72.2 Å². The number of aryl methyl sites for hydroxylation is 2. The number of ether oxygens (including phenoxy) is 2. The molecule has 10 nitrogen and oxygen atoms in total. The highest BCUT2D eigenvalue weighted by Gasteiger charge is 2.31. The molecular formula is C37H55Cl3N6O4. The zero-order chi connectivity index (χ0) is 35.3. The van der Waals surface area contributed by atoms with E-state index in [2.05, 4.69) is 62.4 Å². The molecule has 1 heterocycles. The summed E-state index contributed by atoms with van der Waals surface area (Å²) in [6.45, 7) is 3.35. The SMILES string of the molecule is COc1ccc(CCC[N+](C)(CCCc2ccc(OC)cc2)C[C@H](CC(=O)CCC[N+](C)(C)C)CC(=O)c2nc(Cl)c(N)nc2N)cc1.[Cl-].[Cl-]. The van der Waals surface area contributed by atoms with Crippen molar-refractivity contribution in [3.63, 3.8) is 0 Å². The number of nitrogens with zero attached hydrogens (tertiary/aromatic N) is 4. The first-order chi connectivity index (χ1) is 22.7. The van der Waals surface area contributed by atoms with E-state index in [0.29, 0.717) is 19.4 Å². The second kappa shape index (κ2) is 21.3. The third kappa shape index (κ3) is 15.4. The van der Waals surface area contributed by atoms with Crippen molar-refractivity contribution in [1.29, 1.82) is 0 Å². The minimum absolute atomic E-state index is 0. The molecule has 2 aromatic carbocycles. The molecule has 0 saturated carbocycles. The number of benzene rings is 2. The Balaban J connectivity index is 0.00000625. The van der Waals surface area contributed by atoms with Gasteiger partial charge in [-0.05, 0) is 48.2 Å². The zero-order valence-electron chi connectivity index (χ0n) is 30.4. The first kappa shape index (κ1) is 44.9. The second-order valence-electron chi connectivity index (χ2n) is 14.1. The number of nitrogen functional groups attached to an aromatic ring is 2. The maximum Gasteiger partial charge on any atom is 0.185 e. The number of nitrogens with two attached hydrogens (primary N) is 2. The van der Waals surface area contributed by atoms with Gasteiger partial charge in [0.05, 0.1) is 68.6 Å². The van der Waals surface area contributed by atoms with Crippen molar-refractivity contribution in [2.75, 3.05) is 80.1 Å². The Bertz CT molecular complexity index is 1430. The predicted octanol–water partition coefficient (Wildman–Crippen LogP) is -0.334. The van der Waals surface area contributed by atoms with E-state index in [9.17, 15) is 9.59 Å². The average Bonchev–Trinajstić information content (AvgIpc) is 3.02. The molecule has 3 aromatic rings. The van der Waals surface area contributed by atoms with E-state index in [1.54, 1.807) is 14.2 Å². The summed E-state index contributed by atoms with van der Waals surface area (Å²) in [7, 11) is 11.9. The third-order valence-corrected chi connectivity index (χ3v) is 9.07. The Hall–Kier alpha value is -3.15. The molecule has 1 atom stereocenters. The standard InChI is InChI=1S/C37H54ClN6O4.2ClH/c1-43(2,3)21-9-12-30(45)24-29(25-33(46)34-36(39)42-37(40)35(38)41-34)26-44(4,22-7-10-27-13-17-31(47-5)18-14-27)23-8-11-28-15-19-32(48-6)20-16-28;;/h13-20,29H,7-12,21-26H2,1-6H3,(H3-,39,40,42,46);2*1H/q+1;;/p-1/t29-;;/m1../s1. The van der Waals surface area contributed by atoms with Crippen molar-refractivity contribution < 1.29 is 52.8 Å². The highest BCUT2D eigenvalue weighted by molar-refractivity contribution is 6.31. The van der Waals surface area contributed by atoms with Crippen LogP contribution in [0.25, 0.3) is 0 Å². The minimum atomic E-state index is -0.283. The van der Waals surface area contributed by atoms with Gasteiger partial charge < -0.3 is 54.7 Å². The van der Waals surface area contributed by atoms with E-state index in [4.69, 9.17) is 32.5 Å². The van der Waals surface area contributed by atoms with Gasteiger partial charge in [-0.2, -0.15) is 0 Å². The van der Waals surface area contributed by atoms with Crippen LogP contribution in [0.15, 0.2) is 48.5 Å². The molecule has 0 unspecified atom stereocenters. The highest BCUT2D eigenvalue weighted by atomic mass is 35.5. The van der Waals surface area contributed by atoms with Gasteiger partial charge in [-0.3, -0.25) is 9.59 Å². The van der Waals surface area contributed by atoms with Crippen LogP contribution in [0, 0.1) is 5.92 Å². The maximum atomic E-state index is 13.6. The summed E-state index contributed by atoms with van der Waals surface area (Å²) in [6, 6.07) is 16.4. The molecule has 0 fully saturated rings. The van der Waals surface area contributed by atoms with Crippen LogP contribution in [0.3, 0.4) is 0 Å². The maximum absolute atomic E-state index is 13.6. The summed E-state index contributed by atoms with van der Waals surface area (Å²) in [4.78, 5) is 35.2. The molecule has 4 N–H and O–H groups in total. The van der Waals surface area contributed by atoms with Gasteiger partial charge in [-0.25, -0.2) is 9.97 Å². The smallest absolute Gasteiger partial charge is 0.185 e. The number of hydrogen-bond acceptors (Lipinski definition) is 8. The summed E-state index contributed by atoms with van der Waals surface area (Å²) in [5.41, 5.74) is 14.3. The molecule has 0 radical (unpaired) electrons. The first-order valence-corrected chi connectivity index (χ1v) is 17.1. The highest BCUT2D eigenvalue weighted by Crippen LogP contribution is 2.25. The van der Waals surface area contributed by atoms with Gasteiger partial charge in [-0.1, -0.05) is 35.9 Å². The number of anilines is 2. The molecule has 0 amide bonds. The second-order valence-corrected chi connectivity index (χ2v) is 14.5. The molecule has 0 saturated heterocycles. The van der Waals surface area contributed by atoms with Crippen molar-refractivity contribution in [2.45, 2.75) is 51.4 Å². The van der Waals surface area contributed by atoms with Gasteiger partial charge in [0.25, 0.3) is 0 Å². The molecule has 278 valence electrons. The number of ketones is 2. The Morgan fingerprint density at radius 3 is 1.70 bits per heavy atom. The van der Waals surface area contributed by atoms with Gasteiger partial charge >= 0.3 is 0 Å². The topological polar surface area (TPSA) is 130 Å². The van der Waals surface area contributed by atoms with Crippen LogP contribution in [0.2, 0.25) is 5.15 Å². The number of Topliss-reactive ketones (excluding diaryl/α,β-unsaturated/α-hetero) is 2. The number of carbonyl (C=O) groups excluding carboxylic acids is 2. The summed E-state index contributed by atoms with van der Waals surface area (Å²) in [6.07, 6.45) is 5.44. The number of aromatic nitrogens is 2. The number of carbonyl (C=O) groups is 2. The Labute approximate surface area is 315 Å². The van der Waals surface area contributed by atoms with Crippen LogP contribution in [-0.2, 0) is 17.6 Å². The molecule has 3 rings (SSSR count). The lowest BCUT2D eigenvalue weighted by Crippen LogP contribution is -3.00. The molecule has 0 bridgehead atoms. The monoisotopic (exact) mass is 752 g/mol.